The molecule has 1 aromatic carbocycles. The number of rotatable bonds is 5. The summed E-state index contributed by atoms with van der Waals surface area (Å²) < 4.78 is 5.36. The number of aromatic nitrogens is 2. The van der Waals surface area contributed by atoms with Crippen molar-refractivity contribution in [1.82, 2.24) is 9.97 Å². The van der Waals surface area contributed by atoms with Gasteiger partial charge in [-0.1, -0.05) is 12.8 Å². The molecule has 2 heterocycles. The lowest BCUT2D eigenvalue weighted by Crippen LogP contribution is -2.34. The highest BCUT2D eigenvalue weighted by molar-refractivity contribution is 5.89. The molecule has 0 amide bonds. The van der Waals surface area contributed by atoms with Crippen LogP contribution < -0.4 is 19.9 Å². The summed E-state index contributed by atoms with van der Waals surface area (Å²) in [7, 11) is 3.60. The monoisotopic (exact) mass is 397 g/mol. The number of fused-ring (bicyclic) bond motifs is 1. The molecular formula is C21H27N5O3. The van der Waals surface area contributed by atoms with Crippen LogP contribution in [0, 0.1) is 0 Å². The van der Waals surface area contributed by atoms with Crippen LogP contribution in [0.1, 0.15) is 42.5 Å². The van der Waals surface area contributed by atoms with Gasteiger partial charge in [0.2, 0.25) is 5.95 Å². The van der Waals surface area contributed by atoms with Crippen LogP contribution in [0.15, 0.2) is 24.4 Å². The lowest BCUT2D eigenvalue weighted by atomic mass is 10.2. The number of anilines is 4. The van der Waals surface area contributed by atoms with E-state index in [0.717, 1.165) is 31.0 Å². The molecule has 1 fully saturated rings. The molecule has 0 atom stereocenters. The van der Waals surface area contributed by atoms with Crippen LogP contribution >= 0.6 is 0 Å². The normalized spacial score (nSPS) is 17.0. The average molecular weight is 397 g/mol. The van der Waals surface area contributed by atoms with Crippen LogP contribution in [0.2, 0.25) is 0 Å². The van der Waals surface area contributed by atoms with Crippen molar-refractivity contribution in [2.24, 2.45) is 0 Å². The summed E-state index contributed by atoms with van der Waals surface area (Å²) >= 11 is 0. The zero-order chi connectivity index (χ0) is 20.4. The van der Waals surface area contributed by atoms with E-state index in [4.69, 9.17) is 9.72 Å². The molecule has 1 aliphatic heterocycles. The predicted octanol–water partition coefficient (Wildman–Crippen LogP) is 3.52. The number of nitrogens with one attached hydrogen (secondary N) is 1. The molecule has 0 bridgehead atoms. The quantitative estimate of drug-likeness (QED) is 0.792. The Hall–Kier alpha value is -3.03. The Morgan fingerprint density at radius 1 is 1.24 bits per heavy atom. The fourth-order valence-corrected chi connectivity index (χ4v) is 4.23. The van der Waals surface area contributed by atoms with Gasteiger partial charge in [-0.2, -0.15) is 4.98 Å². The van der Waals surface area contributed by atoms with Crippen molar-refractivity contribution in [3.8, 4) is 5.75 Å². The molecule has 2 aliphatic rings. The van der Waals surface area contributed by atoms with Gasteiger partial charge in [0.15, 0.2) is 5.82 Å². The van der Waals surface area contributed by atoms with E-state index < -0.39 is 5.97 Å². The minimum atomic E-state index is -0.994. The first-order valence-corrected chi connectivity index (χ1v) is 10.1. The van der Waals surface area contributed by atoms with Crippen LogP contribution in [0.3, 0.4) is 0 Å². The topological polar surface area (TPSA) is 90.8 Å². The smallest absolute Gasteiger partial charge is 0.335 e. The van der Waals surface area contributed by atoms with E-state index in [1.54, 1.807) is 6.07 Å². The van der Waals surface area contributed by atoms with Crippen LogP contribution in [-0.2, 0) is 0 Å². The molecule has 0 spiro atoms. The summed E-state index contributed by atoms with van der Waals surface area (Å²) in [6.45, 7) is 1.98. The van der Waals surface area contributed by atoms with Gasteiger partial charge in [0.05, 0.1) is 30.2 Å². The summed E-state index contributed by atoms with van der Waals surface area (Å²) in [5.74, 6) is 0.888. The van der Waals surface area contributed by atoms with Crippen LogP contribution in [0.4, 0.5) is 23.1 Å². The molecule has 8 nitrogen and oxygen atoms in total. The Morgan fingerprint density at radius 3 is 2.76 bits per heavy atom. The molecule has 2 N–H and O–H groups in total. The Labute approximate surface area is 170 Å². The van der Waals surface area contributed by atoms with Crippen molar-refractivity contribution >= 4 is 29.1 Å². The zero-order valence-electron chi connectivity index (χ0n) is 16.9. The number of methoxy groups -OCH3 is 1. The fourth-order valence-electron chi connectivity index (χ4n) is 4.23. The van der Waals surface area contributed by atoms with Gasteiger partial charge in [-0.15, -0.1) is 0 Å². The second-order valence-corrected chi connectivity index (χ2v) is 7.65. The SMILES string of the molecule is COc1cc(C(=O)O)ccc1Nc1ncc2c(n1)N(C1CCCC1)CCCN2C. The maximum absolute atomic E-state index is 11.2. The molecule has 2 aromatic rings. The number of ether oxygens (including phenoxy) is 1. The maximum Gasteiger partial charge on any atom is 0.335 e. The first kappa shape index (κ1) is 19.3. The van der Waals surface area contributed by atoms with E-state index in [-0.39, 0.29) is 5.56 Å². The molecular weight excluding hydrogens is 370 g/mol. The van der Waals surface area contributed by atoms with Crippen LogP contribution in [0.5, 0.6) is 5.75 Å². The zero-order valence-corrected chi connectivity index (χ0v) is 16.9. The van der Waals surface area contributed by atoms with Gasteiger partial charge < -0.3 is 25.0 Å². The van der Waals surface area contributed by atoms with E-state index in [1.165, 1.54) is 44.9 Å². The van der Waals surface area contributed by atoms with E-state index in [0.29, 0.717) is 23.4 Å². The highest BCUT2D eigenvalue weighted by Gasteiger charge is 2.29. The Bertz CT molecular complexity index is 898. The number of carbonyl (C=O) groups is 1. The highest BCUT2D eigenvalue weighted by Crippen LogP contribution is 2.36. The lowest BCUT2D eigenvalue weighted by Gasteiger charge is -2.30. The summed E-state index contributed by atoms with van der Waals surface area (Å²) in [6, 6.07) is 5.24. The van der Waals surface area contributed by atoms with Crippen molar-refractivity contribution in [2.45, 2.75) is 38.1 Å². The van der Waals surface area contributed by atoms with Crippen LogP contribution in [0.25, 0.3) is 0 Å². The number of hydrogen-bond donors (Lipinski definition) is 2. The Morgan fingerprint density at radius 2 is 2.03 bits per heavy atom. The molecule has 29 heavy (non-hydrogen) atoms. The van der Waals surface area contributed by atoms with Gasteiger partial charge in [0, 0.05) is 26.2 Å². The Kier molecular flexibility index (Phi) is 5.42. The molecule has 1 aromatic heterocycles. The number of hydrogen-bond acceptors (Lipinski definition) is 7. The second-order valence-electron chi connectivity index (χ2n) is 7.65. The van der Waals surface area contributed by atoms with Crippen molar-refractivity contribution in [3.63, 3.8) is 0 Å². The van der Waals surface area contributed by atoms with Gasteiger partial charge in [-0.25, -0.2) is 9.78 Å². The second kappa shape index (κ2) is 8.14. The molecule has 8 heteroatoms. The van der Waals surface area contributed by atoms with Crippen LogP contribution in [-0.4, -0.2) is 54.3 Å². The third-order valence-corrected chi connectivity index (χ3v) is 5.79. The summed E-state index contributed by atoms with van der Waals surface area (Å²) in [6.07, 6.45) is 7.93. The third kappa shape index (κ3) is 3.92. The summed E-state index contributed by atoms with van der Waals surface area (Å²) in [4.78, 5) is 25.3. The summed E-state index contributed by atoms with van der Waals surface area (Å²) in [5, 5.41) is 12.4. The van der Waals surface area contributed by atoms with Crippen molar-refractivity contribution in [1.29, 1.82) is 0 Å². The average Bonchev–Trinajstić information content (AvgIpc) is 3.20. The molecule has 1 aliphatic carbocycles. The van der Waals surface area contributed by atoms with E-state index in [9.17, 15) is 9.90 Å². The van der Waals surface area contributed by atoms with Gasteiger partial charge in [0.25, 0.3) is 0 Å². The van der Waals surface area contributed by atoms with E-state index in [1.807, 2.05) is 6.20 Å². The minimum Gasteiger partial charge on any atom is -0.495 e. The number of benzene rings is 1. The van der Waals surface area contributed by atoms with E-state index in [2.05, 4.69) is 27.1 Å². The number of carboxylic acid groups (broad SMARTS) is 1. The van der Waals surface area contributed by atoms with Gasteiger partial charge in [-0.3, -0.25) is 0 Å². The largest absolute Gasteiger partial charge is 0.495 e. The number of nitrogens with zero attached hydrogens (tertiary/aromatic N) is 4. The van der Waals surface area contributed by atoms with Gasteiger partial charge in [-0.05, 0) is 37.5 Å². The highest BCUT2D eigenvalue weighted by atomic mass is 16.5. The maximum atomic E-state index is 11.2. The lowest BCUT2D eigenvalue weighted by molar-refractivity contribution is 0.0696. The van der Waals surface area contributed by atoms with Crippen molar-refractivity contribution < 1.29 is 14.6 Å². The molecule has 1 saturated carbocycles. The molecule has 154 valence electrons. The Balaban J connectivity index is 1.67. The van der Waals surface area contributed by atoms with Crippen molar-refractivity contribution in [3.05, 3.63) is 30.0 Å². The van der Waals surface area contributed by atoms with Gasteiger partial charge in [0.1, 0.15) is 5.75 Å². The molecule has 0 saturated heterocycles. The number of aromatic carboxylic acids is 1. The molecule has 4 rings (SSSR count). The van der Waals surface area contributed by atoms with E-state index >= 15 is 0 Å². The summed E-state index contributed by atoms with van der Waals surface area (Å²) in [5.41, 5.74) is 1.85. The molecule has 0 radical (unpaired) electrons. The number of carboxylic acids is 1. The standard InChI is InChI=1S/C21H27N5O3/c1-25-10-5-11-26(15-6-3-4-7-15)19-17(25)13-22-21(24-19)23-16-9-8-14(20(27)28)12-18(16)29-2/h8-9,12-13,15H,3-7,10-11H2,1-2H3,(H,27,28)(H,22,23,24). The molecule has 0 unspecified atom stereocenters. The first-order chi connectivity index (χ1) is 14.1. The predicted molar refractivity (Wildman–Crippen MR) is 113 cm³/mol. The minimum absolute atomic E-state index is 0.171. The van der Waals surface area contributed by atoms with Gasteiger partial charge >= 0.3 is 5.97 Å². The van der Waals surface area contributed by atoms with Crippen molar-refractivity contribution in [2.75, 3.05) is 42.4 Å². The first-order valence-electron chi connectivity index (χ1n) is 10.1. The third-order valence-electron chi connectivity index (χ3n) is 5.79. The fraction of sp³-hybridized carbons (Fsp3) is 0.476.